The quantitative estimate of drug-likeness (QED) is 0.729. The molecule has 1 aliphatic heterocycles. The Balaban J connectivity index is 1.45. The van der Waals surface area contributed by atoms with E-state index in [0.717, 1.165) is 13.0 Å². The number of H-pyrrole nitrogens is 1. The minimum Gasteiger partial charge on any atom is -0.478 e. The van der Waals surface area contributed by atoms with Gasteiger partial charge in [0.05, 0.1) is 18.8 Å². The summed E-state index contributed by atoms with van der Waals surface area (Å²) in [6, 6.07) is 7.17. The number of fused-ring (bicyclic) bond motifs is 2. The van der Waals surface area contributed by atoms with Gasteiger partial charge in [-0.3, -0.25) is 4.79 Å². The largest absolute Gasteiger partial charge is 0.573 e. The highest BCUT2D eigenvalue weighted by Crippen LogP contribution is 2.26. The van der Waals surface area contributed by atoms with Crippen LogP contribution in [0.5, 0.6) is 11.6 Å². The molecule has 0 atom stereocenters. The van der Waals surface area contributed by atoms with E-state index in [1.807, 2.05) is 0 Å². The maximum absolute atomic E-state index is 12.3. The van der Waals surface area contributed by atoms with E-state index in [1.165, 1.54) is 18.2 Å². The maximum atomic E-state index is 12.3. The van der Waals surface area contributed by atoms with E-state index in [2.05, 4.69) is 20.1 Å². The van der Waals surface area contributed by atoms with Gasteiger partial charge in [0, 0.05) is 36.0 Å². The van der Waals surface area contributed by atoms with E-state index < -0.39 is 12.3 Å². The van der Waals surface area contributed by atoms with Crippen LogP contribution in [-0.4, -0.2) is 33.6 Å². The molecular weight excluding hydrogens is 365 g/mol. The SMILES string of the molecule is O=C(NCc1cc2n(n1)CCCO2)c1cc2ccc(OC(F)(F)F)cc2[nH]1. The van der Waals surface area contributed by atoms with Gasteiger partial charge in [0.1, 0.15) is 11.4 Å². The molecule has 1 amide bonds. The zero-order valence-corrected chi connectivity index (χ0v) is 14.0. The summed E-state index contributed by atoms with van der Waals surface area (Å²) in [6.45, 7) is 1.63. The molecule has 10 heteroatoms. The molecule has 1 aliphatic rings. The molecular formula is C17H15F3N4O3. The first-order valence-electron chi connectivity index (χ1n) is 8.24. The van der Waals surface area contributed by atoms with Gasteiger partial charge >= 0.3 is 6.36 Å². The number of nitrogens with one attached hydrogen (secondary N) is 2. The summed E-state index contributed by atoms with van der Waals surface area (Å²) in [6.07, 6.45) is -3.89. The number of carbonyl (C=O) groups is 1. The predicted molar refractivity (Wildman–Crippen MR) is 88.5 cm³/mol. The maximum Gasteiger partial charge on any atom is 0.573 e. The number of carbonyl (C=O) groups excluding carboxylic acids is 1. The first-order valence-corrected chi connectivity index (χ1v) is 8.24. The molecule has 0 saturated carbocycles. The fourth-order valence-electron chi connectivity index (χ4n) is 2.90. The van der Waals surface area contributed by atoms with E-state index in [-0.39, 0.29) is 18.0 Å². The molecule has 7 nitrogen and oxygen atoms in total. The van der Waals surface area contributed by atoms with E-state index >= 15 is 0 Å². The van der Waals surface area contributed by atoms with Crippen molar-refractivity contribution in [2.45, 2.75) is 25.9 Å². The normalized spacial score (nSPS) is 13.9. The summed E-state index contributed by atoms with van der Waals surface area (Å²) >= 11 is 0. The van der Waals surface area contributed by atoms with Gasteiger partial charge in [-0.1, -0.05) is 0 Å². The third-order valence-corrected chi connectivity index (χ3v) is 4.06. The van der Waals surface area contributed by atoms with Crippen molar-refractivity contribution in [2.75, 3.05) is 6.61 Å². The second kappa shape index (κ2) is 6.53. The molecule has 4 rings (SSSR count). The van der Waals surface area contributed by atoms with Crippen LogP contribution >= 0.6 is 0 Å². The van der Waals surface area contributed by atoms with Crippen LogP contribution in [0.2, 0.25) is 0 Å². The van der Waals surface area contributed by atoms with Crippen molar-refractivity contribution < 1.29 is 27.4 Å². The van der Waals surface area contributed by atoms with Crippen LogP contribution in [-0.2, 0) is 13.1 Å². The van der Waals surface area contributed by atoms with Gasteiger partial charge in [0.15, 0.2) is 0 Å². The molecule has 1 aromatic carbocycles. The van der Waals surface area contributed by atoms with E-state index in [4.69, 9.17) is 4.74 Å². The zero-order chi connectivity index (χ0) is 19.0. The Labute approximate surface area is 151 Å². The van der Waals surface area contributed by atoms with Gasteiger partial charge in [-0.15, -0.1) is 13.2 Å². The minimum atomic E-state index is -4.77. The Morgan fingerprint density at radius 2 is 2.19 bits per heavy atom. The van der Waals surface area contributed by atoms with Gasteiger partial charge in [-0.2, -0.15) is 5.10 Å². The van der Waals surface area contributed by atoms with E-state index in [0.29, 0.717) is 29.1 Å². The van der Waals surface area contributed by atoms with Gasteiger partial charge in [-0.25, -0.2) is 4.68 Å². The Kier molecular flexibility index (Phi) is 4.17. The van der Waals surface area contributed by atoms with Crippen molar-refractivity contribution in [1.82, 2.24) is 20.1 Å². The van der Waals surface area contributed by atoms with E-state index in [1.54, 1.807) is 16.8 Å². The number of aromatic amines is 1. The topological polar surface area (TPSA) is 81.2 Å². The molecule has 27 heavy (non-hydrogen) atoms. The molecule has 0 saturated heterocycles. The Hall–Kier alpha value is -3.17. The molecule has 2 aromatic heterocycles. The Morgan fingerprint density at radius 3 is 2.96 bits per heavy atom. The number of halogens is 3. The predicted octanol–water partition coefficient (Wildman–Crippen LogP) is 2.98. The van der Waals surface area contributed by atoms with Crippen LogP contribution in [0.4, 0.5) is 13.2 Å². The zero-order valence-electron chi connectivity index (χ0n) is 14.0. The lowest BCUT2D eigenvalue weighted by Gasteiger charge is -2.13. The first-order chi connectivity index (χ1) is 12.9. The number of nitrogens with zero attached hydrogens (tertiary/aromatic N) is 2. The molecule has 3 aromatic rings. The third-order valence-electron chi connectivity index (χ3n) is 4.06. The van der Waals surface area contributed by atoms with Gasteiger partial charge in [-0.05, 0) is 18.2 Å². The molecule has 2 N–H and O–H groups in total. The van der Waals surface area contributed by atoms with Crippen molar-refractivity contribution in [1.29, 1.82) is 0 Å². The van der Waals surface area contributed by atoms with E-state index in [9.17, 15) is 18.0 Å². The fraction of sp³-hybridized carbons (Fsp3) is 0.294. The molecule has 0 unspecified atom stereocenters. The van der Waals surface area contributed by atoms with Crippen molar-refractivity contribution in [3.63, 3.8) is 0 Å². The van der Waals surface area contributed by atoms with Crippen LogP contribution in [0.25, 0.3) is 10.9 Å². The summed E-state index contributed by atoms with van der Waals surface area (Å²) in [7, 11) is 0. The molecule has 3 heterocycles. The Morgan fingerprint density at radius 1 is 1.33 bits per heavy atom. The number of benzene rings is 1. The second-order valence-electron chi connectivity index (χ2n) is 6.06. The van der Waals surface area contributed by atoms with Gasteiger partial charge < -0.3 is 19.8 Å². The van der Waals surface area contributed by atoms with Gasteiger partial charge in [0.2, 0.25) is 5.88 Å². The average molecular weight is 380 g/mol. The number of hydrogen-bond donors (Lipinski definition) is 2. The molecule has 0 spiro atoms. The van der Waals surface area contributed by atoms with Crippen molar-refractivity contribution in [3.05, 3.63) is 41.7 Å². The highest BCUT2D eigenvalue weighted by molar-refractivity contribution is 5.98. The monoisotopic (exact) mass is 380 g/mol. The number of hydrogen-bond acceptors (Lipinski definition) is 4. The fourth-order valence-corrected chi connectivity index (χ4v) is 2.90. The summed E-state index contributed by atoms with van der Waals surface area (Å²) in [5.41, 5.74) is 1.26. The lowest BCUT2D eigenvalue weighted by Crippen LogP contribution is -2.23. The van der Waals surface area contributed by atoms with Crippen LogP contribution in [0.15, 0.2) is 30.3 Å². The standard InChI is InChI=1S/C17H15F3N4O3/c18-17(19,20)27-12-3-2-10-6-14(22-13(10)8-12)16(25)21-9-11-7-15-24(23-11)4-1-5-26-15/h2-3,6-8,22H,1,4-5,9H2,(H,21,25). The van der Waals surface area contributed by atoms with Crippen molar-refractivity contribution in [2.24, 2.45) is 0 Å². The summed E-state index contributed by atoms with van der Waals surface area (Å²) in [4.78, 5) is 15.1. The highest BCUT2D eigenvalue weighted by Gasteiger charge is 2.31. The second-order valence-corrected chi connectivity index (χ2v) is 6.06. The highest BCUT2D eigenvalue weighted by atomic mass is 19.4. The number of aromatic nitrogens is 3. The summed E-state index contributed by atoms with van der Waals surface area (Å²) < 4.78 is 48.0. The summed E-state index contributed by atoms with van der Waals surface area (Å²) in [5.74, 6) is -0.0721. The molecule has 0 radical (unpaired) electrons. The number of aryl methyl sites for hydroxylation is 1. The van der Waals surface area contributed by atoms with Crippen molar-refractivity contribution >= 4 is 16.8 Å². The number of alkyl halides is 3. The third kappa shape index (κ3) is 3.83. The molecule has 0 fully saturated rings. The lowest BCUT2D eigenvalue weighted by atomic mass is 10.2. The molecule has 0 aliphatic carbocycles. The molecule has 0 bridgehead atoms. The number of amides is 1. The number of ether oxygens (including phenoxy) is 2. The average Bonchev–Trinajstić information content (AvgIpc) is 3.21. The van der Waals surface area contributed by atoms with Crippen molar-refractivity contribution in [3.8, 4) is 11.6 Å². The van der Waals surface area contributed by atoms with Crippen LogP contribution in [0.3, 0.4) is 0 Å². The van der Waals surface area contributed by atoms with Crippen LogP contribution < -0.4 is 14.8 Å². The van der Waals surface area contributed by atoms with Crippen LogP contribution in [0, 0.1) is 0 Å². The molecule has 142 valence electrons. The summed E-state index contributed by atoms with van der Waals surface area (Å²) in [5, 5.41) is 7.67. The van der Waals surface area contributed by atoms with Crippen LogP contribution in [0.1, 0.15) is 22.6 Å². The Bertz CT molecular complexity index is 970. The van der Waals surface area contributed by atoms with Gasteiger partial charge in [0.25, 0.3) is 5.91 Å². The first kappa shape index (κ1) is 17.3. The minimum absolute atomic E-state index is 0.208. The lowest BCUT2D eigenvalue weighted by molar-refractivity contribution is -0.274. The smallest absolute Gasteiger partial charge is 0.478 e. The number of rotatable bonds is 4.